The van der Waals surface area contributed by atoms with Crippen LogP contribution in [0.3, 0.4) is 0 Å². The van der Waals surface area contributed by atoms with Gasteiger partial charge in [-0.2, -0.15) is 0 Å². The van der Waals surface area contributed by atoms with Crippen LogP contribution in [0.1, 0.15) is 21.5 Å². The van der Waals surface area contributed by atoms with E-state index >= 15 is 0 Å². The summed E-state index contributed by atoms with van der Waals surface area (Å²) in [5.41, 5.74) is 3.27. The maximum atomic E-state index is 12.4. The minimum Gasteiger partial charge on any atom is -0.504 e. The highest BCUT2D eigenvalue weighted by atomic mass is 16.3. The van der Waals surface area contributed by atoms with Gasteiger partial charge in [-0.25, -0.2) is 0 Å². The fraction of sp³-hybridized carbons (Fsp3) is 0.188. The largest absolute Gasteiger partial charge is 0.504 e. The van der Waals surface area contributed by atoms with Gasteiger partial charge in [0.1, 0.15) is 0 Å². The van der Waals surface area contributed by atoms with Gasteiger partial charge in [-0.05, 0) is 43.7 Å². The van der Waals surface area contributed by atoms with Gasteiger partial charge in [0.2, 0.25) is 0 Å². The van der Waals surface area contributed by atoms with Crippen molar-refractivity contribution in [3.63, 3.8) is 0 Å². The van der Waals surface area contributed by atoms with Crippen LogP contribution in [0.5, 0.6) is 11.5 Å². The maximum Gasteiger partial charge on any atom is 0.258 e. The van der Waals surface area contributed by atoms with E-state index in [2.05, 4.69) is 0 Å². The Kier molecular flexibility index (Phi) is 3.66. The van der Waals surface area contributed by atoms with Gasteiger partial charge in [0.15, 0.2) is 11.5 Å². The minimum absolute atomic E-state index is 0.240. The van der Waals surface area contributed by atoms with Crippen LogP contribution in [0.4, 0.5) is 5.69 Å². The summed E-state index contributed by atoms with van der Waals surface area (Å²) in [5, 5.41) is 18.8. The summed E-state index contributed by atoms with van der Waals surface area (Å²) >= 11 is 0. The van der Waals surface area contributed by atoms with Gasteiger partial charge in [0, 0.05) is 18.3 Å². The molecule has 0 saturated carbocycles. The van der Waals surface area contributed by atoms with Crippen LogP contribution < -0.4 is 4.90 Å². The predicted octanol–water partition coefficient (Wildman–Crippen LogP) is 2.99. The lowest BCUT2D eigenvalue weighted by Gasteiger charge is -2.20. The van der Waals surface area contributed by atoms with E-state index in [0.29, 0.717) is 5.56 Å². The summed E-state index contributed by atoms with van der Waals surface area (Å²) in [5.74, 6) is -0.784. The molecule has 1 amide bonds. The van der Waals surface area contributed by atoms with Crippen molar-refractivity contribution in [1.29, 1.82) is 0 Å². The van der Waals surface area contributed by atoms with E-state index in [1.807, 2.05) is 32.0 Å². The first-order valence-electron chi connectivity index (χ1n) is 6.27. The first-order chi connectivity index (χ1) is 9.40. The molecule has 0 heterocycles. The molecule has 2 aromatic carbocycles. The number of anilines is 1. The second-order valence-corrected chi connectivity index (χ2v) is 4.86. The monoisotopic (exact) mass is 271 g/mol. The number of carbonyl (C=O) groups is 1. The lowest BCUT2D eigenvalue weighted by atomic mass is 10.1. The van der Waals surface area contributed by atoms with E-state index < -0.39 is 0 Å². The van der Waals surface area contributed by atoms with E-state index in [0.717, 1.165) is 16.8 Å². The molecule has 2 N–H and O–H groups in total. The summed E-state index contributed by atoms with van der Waals surface area (Å²) in [6, 6.07) is 9.89. The smallest absolute Gasteiger partial charge is 0.258 e. The third kappa shape index (κ3) is 2.59. The predicted molar refractivity (Wildman–Crippen MR) is 78.4 cm³/mol. The van der Waals surface area contributed by atoms with Crippen LogP contribution in [0.2, 0.25) is 0 Å². The molecule has 0 saturated heterocycles. The molecular formula is C16H17NO3. The van der Waals surface area contributed by atoms with Crippen LogP contribution in [-0.2, 0) is 0 Å². The molecule has 4 heteroatoms. The summed E-state index contributed by atoms with van der Waals surface area (Å²) in [7, 11) is 1.68. The molecule has 2 aromatic rings. The Labute approximate surface area is 117 Å². The zero-order valence-electron chi connectivity index (χ0n) is 11.7. The molecule has 0 fully saturated rings. The molecule has 0 aliphatic heterocycles. The van der Waals surface area contributed by atoms with Crippen molar-refractivity contribution in [2.24, 2.45) is 0 Å². The second kappa shape index (κ2) is 5.25. The van der Waals surface area contributed by atoms with E-state index in [1.54, 1.807) is 7.05 Å². The Hall–Kier alpha value is -2.49. The van der Waals surface area contributed by atoms with E-state index in [9.17, 15) is 15.0 Å². The SMILES string of the molecule is Cc1ccc(N(C)C(=O)c2ccc(O)c(O)c2)c(C)c1. The van der Waals surface area contributed by atoms with E-state index in [-0.39, 0.29) is 17.4 Å². The molecule has 104 valence electrons. The van der Waals surface area contributed by atoms with Gasteiger partial charge in [0.25, 0.3) is 5.91 Å². The number of aryl methyl sites for hydroxylation is 2. The number of hydrogen-bond donors (Lipinski definition) is 2. The average Bonchev–Trinajstić information content (AvgIpc) is 2.40. The highest BCUT2D eigenvalue weighted by Crippen LogP contribution is 2.27. The molecule has 0 unspecified atom stereocenters. The third-order valence-electron chi connectivity index (χ3n) is 3.24. The number of rotatable bonds is 2. The normalized spacial score (nSPS) is 10.3. The first kappa shape index (κ1) is 13.9. The molecule has 2 rings (SSSR count). The molecule has 0 atom stereocenters. The summed E-state index contributed by atoms with van der Waals surface area (Å²) in [6.07, 6.45) is 0. The highest BCUT2D eigenvalue weighted by molar-refractivity contribution is 6.06. The second-order valence-electron chi connectivity index (χ2n) is 4.86. The number of nitrogens with zero attached hydrogens (tertiary/aromatic N) is 1. The molecule has 0 spiro atoms. The average molecular weight is 271 g/mol. The molecule has 0 aliphatic rings. The number of benzene rings is 2. The van der Waals surface area contributed by atoms with Gasteiger partial charge in [-0.1, -0.05) is 17.7 Å². The summed E-state index contributed by atoms with van der Waals surface area (Å²) in [4.78, 5) is 13.9. The summed E-state index contributed by atoms with van der Waals surface area (Å²) < 4.78 is 0. The third-order valence-corrected chi connectivity index (χ3v) is 3.24. The zero-order valence-corrected chi connectivity index (χ0v) is 11.7. The van der Waals surface area contributed by atoms with E-state index in [4.69, 9.17) is 0 Å². The van der Waals surface area contributed by atoms with Crippen molar-refractivity contribution in [1.82, 2.24) is 0 Å². The Morgan fingerprint density at radius 2 is 1.70 bits per heavy atom. The van der Waals surface area contributed by atoms with Crippen molar-refractivity contribution >= 4 is 11.6 Å². The van der Waals surface area contributed by atoms with Crippen LogP contribution in [0.15, 0.2) is 36.4 Å². The van der Waals surface area contributed by atoms with Gasteiger partial charge in [-0.3, -0.25) is 4.79 Å². The molecular weight excluding hydrogens is 254 g/mol. The lowest BCUT2D eigenvalue weighted by molar-refractivity contribution is 0.0992. The molecule has 0 aromatic heterocycles. The van der Waals surface area contributed by atoms with Gasteiger partial charge in [0.05, 0.1) is 0 Å². The number of carbonyl (C=O) groups excluding carboxylic acids is 1. The van der Waals surface area contributed by atoms with E-state index in [1.165, 1.54) is 23.1 Å². The Bertz CT molecular complexity index is 665. The number of hydrogen-bond acceptors (Lipinski definition) is 3. The molecule has 0 aliphatic carbocycles. The van der Waals surface area contributed by atoms with Gasteiger partial charge < -0.3 is 15.1 Å². The highest BCUT2D eigenvalue weighted by Gasteiger charge is 2.16. The fourth-order valence-electron chi connectivity index (χ4n) is 2.14. The number of amides is 1. The Balaban J connectivity index is 2.34. The molecule has 0 radical (unpaired) electrons. The van der Waals surface area contributed by atoms with Crippen molar-refractivity contribution in [3.05, 3.63) is 53.1 Å². The number of aromatic hydroxyl groups is 2. The Morgan fingerprint density at radius 1 is 1.00 bits per heavy atom. The van der Waals surface area contributed by atoms with Crippen molar-refractivity contribution in [2.45, 2.75) is 13.8 Å². The minimum atomic E-state index is -0.301. The van der Waals surface area contributed by atoms with Crippen molar-refractivity contribution in [3.8, 4) is 11.5 Å². The standard InChI is InChI=1S/C16H17NO3/c1-10-4-6-13(11(2)8-10)17(3)16(20)12-5-7-14(18)15(19)9-12/h4-9,18-19H,1-3H3. The van der Waals surface area contributed by atoms with Crippen LogP contribution in [-0.4, -0.2) is 23.2 Å². The van der Waals surface area contributed by atoms with Crippen LogP contribution in [0.25, 0.3) is 0 Å². The van der Waals surface area contributed by atoms with Crippen molar-refractivity contribution in [2.75, 3.05) is 11.9 Å². The summed E-state index contributed by atoms with van der Waals surface area (Å²) in [6.45, 7) is 3.94. The van der Waals surface area contributed by atoms with Crippen molar-refractivity contribution < 1.29 is 15.0 Å². The Morgan fingerprint density at radius 3 is 2.30 bits per heavy atom. The van der Waals surface area contributed by atoms with Gasteiger partial charge in [-0.15, -0.1) is 0 Å². The quantitative estimate of drug-likeness (QED) is 0.825. The topological polar surface area (TPSA) is 60.8 Å². The number of phenolic OH excluding ortho intramolecular Hbond substituents is 2. The molecule has 20 heavy (non-hydrogen) atoms. The molecule has 4 nitrogen and oxygen atoms in total. The zero-order chi connectivity index (χ0) is 14.9. The van der Waals surface area contributed by atoms with Gasteiger partial charge >= 0.3 is 0 Å². The molecule has 0 bridgehead atoms. The fourth-order valence-corrected chi connectivity index (χ4v) is 2.14. The lowest BCUT2D eigenvalue weighted by Crippen LogP contribution is -2.26. The van der Waals surface area contributed by atoms with Crippen LogP contribution >= 0.6 is 0 Å². The van der Waals surface area contributed by atoms with Crippen LogP contribution in [0, 0.1) is 13.8 Å². The number of phenols is 2. The first-order valence-corrected chi connectivity index (χ1v) is 6.27. The maximum absolute atomic E-state index is 12.4.